The van der Waals surface area contributed by atoms with Crippen molar-refractivity contribution in [2.75, 3.05) is 39.3 Å². The molecule has 19 heavy (non-hydrogen) atoms. The van der Waals surface area contributed by atoms with Crippen LogP contribution in [0.4, 0.5) is 0 Å². The Morgan fingerprint density at radius 1 is 1.11 bits per heavy atom. The summed E-state index contributed by atoms with van der Waals surface area (Å²) in [5, 5.41) is 12.2. The second-order valence-electron chi connectivity index (χ2n) is 5.05. The topological polar surface area (TPSA) is 90.0 Å². The summed E-state index contributed by atoms with van der Waals surface area (Å²) in [6.07, 6.45) is 1.96. The molecule has 0 saturated carbocycles. The fraction of sp³-hybridized carbons (Fsp3) is 0.909. The van der Waals surface area contributed by atoms with Gasteiger partial charge in [-0.05, 0) is 25.8 Å². The minimum absolute atomic E-state index is 0.0988. The molecule has 0 amide bonds. The van der Waals surface area contributed by atoms with Crippen LogP contribution in [0.3, 0.4) is 0 Å². The molecular weight excluding hydrogens is 270 g/mol. The van der Waals surface area contributed by atoms with E-state index in [0.29, 0.717) is 39.0 Å². The molecule has 110 valence electrons. The fourth-order valence-electron chi connectivity index (χ4n) is 2.57. The van der Waals surface area contributed by atoms with Crippen molar-refractivity contribution in [3.05, 3.63) is 0 Å². The second kappa shape index (κ2) is 6.17. The van der Waals surface area contributed by atoms with Crippen molar-refractivity contribution < 1.29 is 18.3 Å². The Hall–Kier alpha value is -0.700. The summed E-state index contributed by atoms with van der Waals surface area (Å²) in [6, 6.07) is 0. The Balaban J connectivity index is 2.07. The van der Waals surface area contributed by atoms with Gasteiger partial charge in [0.15, 0.2) is 0 Å². The number of carboxylic acid groups (broad SMARTS) is 1. The molecule has 2 aliphatic heterocycles. The van der Waals surface area contributed by atoms with Crippen LogP contribution >= 0.6 is 0 Å². The summed E-state index contributed by atoms with van der Waals surface area (Å²) >= 11 is 0. The molecule has 0 spiro atoms. The van der Waals surface area contributed by atoms with Crippen molar-refractivity contribution in [2.24, 2.45) is 5.92 Å². The second-order valence-corrected chi connectivity index (χ2v) is 6.97. The first kappa shape index (κ1) is 14.7. The molecule has 8 heteroatoms. The van der Waals surface area contributed by atoms with Gasteiger partial charge in [-0.25, -0.2) is 0 Å². The van der Waals surface area contributed by atoms with Crippen LogP contribution in [0.1, 0.15) is 19.3 Å². The summed E-state index contributed by atoms with van der Waals surface area (Å²) in [5.74, 6) is -1.48. The van der Waals surface area contributed by atoms with Crippen LogP contribution in [0.5, 0.6) is 0 Å². The number of nitrogens with zero attached hydrogens (tertiary/aromatic N) is 2. The van der Waals surface area contributed by atoms with Crippen LogP contribution in [-0.2, 0) is 15.0 Å². The molecule has 2 rings (SSSR count). The van der Waals surface area contributed by atoms with Gasteiger partial charge in [0.25, 0.3) is 10.2 Å². The first-order chi connectivity index (χ1) is 9.01. The third kappa shape index (κ3) is 3.44. The van der Waals surface area contributed by atoms with Gasteiger partial charge in [0.2, 0.25) is 0 Å². The zero-order valence-electron chi connectivity index (χ0n) is 10.9. The number of rotatable bonds is 3. The molecule has 1 unspecified atom stereocenters. The number of carbonyl (C=O) groups is 1. The van der Waals surface area contributed by atoms with Gasteiger partial charge < -0.3 is 10.4 Å². The highest BCUT2D eigenvalue weighted by Gasteiger charge is 2.35. The molecule has 0 aromatic heterocycles. The number of nitrogens with one attached hydrogen (secondary N) is 1. The maximum absolute atomic E-state index is 12.5. The van der Waals surface area contributed by atoms with Crippen molar-refractivity contribution in [1.82, 2.24) is 13.9 Å². The standard InChI is InChI=1S/C11H21N3O4S/c15-11(16)10-3-1-6-14(9-10)19(17,18)13-7-2-4-12-5-8-13/h10,12H,1-9H2,(H,15,16). The molecule has 0 aromatic carbocycles. The van der Waals surface area contributed by atoms with E-state index in [0.717, 1.165) is 13.0 Å². The SMILES string of the molecule is O=C(O)C1CCCN(S(=O)(=O)N2CCCNCC2)C1. The zero-order valence-corrected chi connectivity index (χ0v) is 11.7. The van der Waals surface area contributed by atoms with Gasteiger partial charge in [0, 0.05) is 32.7 Å². The molecule has 2 aliphatic rings. The molecule has 2 saturated heterocycles. The molecular formula is C11H21N3O4S. The molecule has 1 atom stereocenters. The molecule has 2 N–H and O–H groups in total. The highest BCUT2D eigenvalue weighted by molar-refractivity contribution is 7.86. The molecule has 0 radical (unpaired) electrons. The first-order valence-corrected chi connectivity index (χ1v) is 8.10. The molecule has 0 bridgehead atoms. The van der Waals surface area contributed by atoms with E-state index in [1.807, 2.05) is 0 Å². The van der Waals surface area contributed by atoms with Gasteiger partial charge in [-0.3, -0.25) is 4.79 Å². The highest BCUT2D eigenvalue weighted by atomic mass is 32.2. The Morgan fingerprint density at radius 2 is 1.84 bits per heavy atom. The van der Waals surface area contributed by atoms with E-state index < -0.39 is 22.1 Å². The highest BCUT2D eigenvalue weighted by Crippen LogP contribution is 2.21. The summed E-state index contributed by atoms with van der Waals surface area (Å²) < 4.78 is 27.8. The van der Waals surface area contributed by atoms with Gasteiger partial charge >= 0.3 is 5.97 Å². The largest absolute Gasteiger partial charge is 0.481 e. The Morgan fingerprint density at radius 3 is 2.58 bits per heavy atom. The molecule has 2 heterocycles. The van der Waals surface area contributed by atoms with E-state index in [-0.39, 0.29) is 6.54 Å². The zero-order chi connectivity index (χ0) is 13.9. The number of carboxylic acids is 1. The lowest BCUT2D eigenvalue weighted by molar-refractivity contribution is -0.142. The quantitative estimate of drug-likeness (QED) is 0.719. The first-order valence-electron chi connectivity index (χ1n) is 6.70. The Labute approximate surface area is 113 Å². The van der Waals surface area contributed by atoms with Crippen molar-refractivity contribution >= 4 is 16.2 Å². The van der Waals surface area contributed by atoms with Gasteiger partial charge in [-0.1, -0.05) is 0 Å². The summed E-state index contributed by atoms with van der Waals surface area (Å²) in [5.41, 5.74) is 0. The predicted octanol–water partition coefficient (Wildman–Crippen LogP) is -0.677. The molecule has 0 aromatic rings. The number of piperidine rings is 1. The van der Waals surface area contributed by atoms with Crippen molar-refractivity contribution in [3.8, 4) is 0 Å². The lowest BCUT2D eigenvalue weighted by atomic mass is 10.0. The molecule has 7 nitrogen and oxygen atoms in total. The van der Waals surface area contributed by atoms with Crippen LogP contribution in [0.15, 0.2) is 0 Å². The Kier molecular flexibility index (Phi) is 4.77. The maximum Gasteiger partial charge on any atom is 0.307 e. The smallest absolute Gasteiger partial charge is 0.307 e. The normalized spacial score (nSPS) is 27.9. The van der Waals surface area contributed by atoms with Crippen LogP contribution < -0.4 is 5.32 Å². The van der Waals surface area contributed by atoms with Crippen LogP contribution in [0.25, 0.3) is 0 Å². The maximum atomic E-state index is 12.5. The third-order valence-corrected chi connectivity index (χ3v) is 5.69. The minimum Gasteiger partial charge on any atom is -0.481 e. The average Bonchev–Trinajstić information content (AvgIpc) is 2.68. The Bertz CT molecular complexity index is 418. The van der Waals surface area contributed by atoms with E-state index in [1.54, 1.807) is 0 Å². The van der Waals surface area contributed by atoms with Gasteiger partial charge in [-0.15, -0.1) is 0 Å². The van der Waals surface area contributed by atoms with Crippen LogP contribution in [0, 0.1) is 5.92 Å². The fourth-order valence-corrected chi connectivity index (χ4v) is 4.31. The van der Waals surface area contributed by atoms with E-state index in [2.05, 4.69) is 5.32 Å². The predicted molar refractivity (Wildman–Crippen MR) is 69.9 cm³/mol. The van der Waals surface area contributed by atoms with Crippen LogP contribution in [-0.4, -0.2) is 67.4 Å². The van der Waals surface area contributed by atoms with E-state index in [1.165, 1.54) is 8.61 Å². The van der Waals surface area contributed by atoms with E-state index in [9.17, 15) is 13.2 Å². The summed E-state index contributed by atoms with van der Waals surface area (Å²) in [4.78, 5) is 11.0. The summed E-state index contributed by atoms with van der Waals surface area (Å²) in [6.45, 7) is 2.96. The number of aliphatic carboxylic acids is 1. The monoisotopic (exact) mass is 291 g/mol. The number of hydrogen-bond acceptors (Lipinski definition) is 4. The average molecular weight is 291 g/mol. The van der Waals surface area contributed by atoms with Gasteiger partial charge in [0.05, 0.1) is 5.92 Å². The minimum atomic E-state index is -3.51. The molecule has 2 fully saturated rings. The van der Waals surface area contributed by atoms with E-state index in [4.69, 9.17) is 5.11 Å². The van der Waals surface area contributed by atoms with Gasteiger partial charge in [-0.2, -0.15) is 17.0 Å². The van der Waals surface area contributed by atoms with E-state index >= 15 is 0 Å². The van der Waals surface area contributed by atoms with Crippen molar-refractivity contribution in [1.29, 1.82) is 0 Å². The van der Waals surface area contributed by atoms with Crippen molar-refractivity contribution in [3.63, 3.8) is 0 Å². The van der Waals surface area contributed by atoms with Crippen LogP contribution in [0.2, 0.25) is 0 Å². The lowest BCUT2D eigenvalue weighted by Crippen LogP contribution is -2.49. The lowest BCUT2D eigenvalue weighted by Gasteiger charge is -2.33. The summed E-state index contributed by atoms with van der Waals surface area (Å²) in [7, 11) is -3.51. The number of hydrogen-bond donors (Lipinski definition) is 2. The third-order valence-electron chi connectivity index (χ3n) is 3.68. The van der Waals surface area contributed by atoms with Crippen molar-refractivity contribution in [2.45, 2.75) is 19.3 Å². The molecule has 0 aliphatic carbocycles. The van der Waals surface area contributed by atoms with Gasteiger partial charge in [0.1, 0.15) is 0 Å².